The van der Waals surface area contributed by atoms with Crippen LogP contribution >= 0.6 is 46.2 Å². The van der Waals surface area contributed by atoms with Gasteiger partial charge in [-0.1, -0.05) is 53.1 Å². The summed E-state index contributed by atoms with van der Waals surface area (Å²) < 4.78 is 2.44. The zero-order valence-corrected chi connectivity index (χ0v) is 21.3. The van der Waals surface area contributed by atoms with Crippen LogP contribution in [0.25, 0.3) is 10.2 Å². The number of nitrogen functional groups attached to an aromatic ring is 1. The van der Waals surface area contributed by atoms with Crippen LogP contribution in [0.15, 0.2) is 51.1 Å². The first-order valence-electron chi connectivity index (χ1n) is 10.4. The number of rotatable bonds is 7. The number of nitrogens with zero attached hydrogens (tertiary/aromatic N) is 4. The number of hydrogen-bond donors (Lipinski definition) is 2. The molecule has 1 atom stereocenters. The van der Waals surface area contributed by atoms with Crippen molar-refractivity contribution in [3.63, 3.8) is 0 Å². The Bertz CT molecular complexity index is 1370. The van der Waals surface area contributed by atoms with E-state index in [1.54, 1.807) is 0 Å². The molecule has 0 fully saturated rings. The standard InChI is InChI=1S/C22H20N6O2S4/c1-12(32-22-27-26-20(23)34-22)19(30)24-14-6-7-15-17(10-14)33-21(25-15)31-11-18(29)28-9-8-13-4-2-3-5-16(13)28/h2-7,10,12H,8-9,11H2,1H3,(H2,23,26)(H,24,30). The number of nitrogens with two attached hydrogens (primary N) is 1. The largest absolute Gasteiger partial charge is 0.374 e. The molecule has 8 nitrogen and oxygen atoms in total. The normalized spacial score (nSPS) is 13.7. The maximum Gasteiger partial charge on any atom is 0.237 e. The fraction of sp³-hybridized carbons (Fsp3) is 0.227. The highest BCUT2D eigenvalue weighted by Crippen LogP contribution is 2.34. The number of carbonyl (C=O) groups is 2. The zero-order chi connectivity index (χ0) is 23.7. The summed E-state index contributed by atoms with van der Waals surface area (Å²) in [7, 11) is 0. The van der Waals surface area contributed by atoms with Gasteiger partial charge >= 0.3 is 0 Å². The molecule has 1 aliphatic heterocycles. The molecular weight excluding hydrogens is 509 g/mol. The Kier molecular flexibility index (Phi) is 6.73. The summed E-state index contributed by atoms with van der Waals surface area (Å²) in [6.07, 6.45) is 0.897. The molecule has 0 bridgehead atoms. The van der Waals surface area contributed by atoms with E-state index in [1.165, 1.54) is 51.8 Å². The van der Waals surface area contributed by atoms with Gasteiger partial charge in [-0.05, 0) is 43.2 Å². The van der Waals surface area contributed by atoms with Crippen molar-refractivity contribution < 1.29 is 9.59 Å². The van der Waals surface area contributed by atoms with E-state index < -0.39 is 0 Å². The summed E-state index contributed by atoms with van der Waals surface area (Å²) >= 11 is 5.54. The van der Waals surface area contributed by atoms with Crippen LogP contribution in [0.4, 0.5) is 16.5 Å². The lowest BCUT2D eigenvalue weighted by Gasteiger charge is -2.16. The number of thioether (sulfide) groups is 2. The highest BCUT2D eigenvalue weighted by atomic mass is 32.2. The van der Waals surface area contributed by atoms with Crippen molar-refractivity contribution in [1.82, 2.24) is 15.2 Å². The second-order valence-electron chi connectivity index (χ2n) is 7.53. The molecule has 1 aliphatic rings. The summed E-state index contributed by atoms with van der Waals surface area (Å²) in [5, 5.41) is 10.7. The molecule has 0 radical (unpaired) electrons. The third-order valence-electron chi connectivity index (χ3n) is 5.21. The van der Waals surface area contributed by atoms with E-state index in [4.69, 9.17) is 5.73 Å². The van der Waals surface area contributed by atoms with Crippen LogP contribution in [-0.2, 0) is 16.0 Å². The van der Waals surface area contributed by atoms with Gasteiger partial charge in [0.25, 0.3) is 0 Å². The quantitative estimate of drug-likeness (QED) is 0.336. The maximum absolute atomic E-state index is 12.8. The first-order valence-corrected chi connectivity index (χ1v) is 13.9. The van der Waals surface area contributed by atoms with Crippen molar-refractivity contribution >= 4 is 84.7 Å². The SMILES string of the molecule is CC(Sc1nnc(N)s1)C(=O)Nc1ccc2nc(SCC(=O)N3CCc4ccccc43)sc2c1. The Balaban J connectivity index is 1.20. The highest BCUT2D eigenvalue weighted by Gasteiger charge is 2.24. The molecule has 3 heterocycles. The summed E-state index contributed by atoms with van der Waals surface area (Å²) in [6.45, 7) is 2.54. The van der Waals surface area contributed by atoms with E-state index >= 15 is 0 Å². The van der Waals surface area contributed by atoms with Gasteiger partial charge < -0.3 is 16.0 Å². The minimum absolute atomic E-state index is 0.0887. The third-order valence-corrected chi connectivity index (χ3v) is 9.30. The molecule has 0 saturated carbocycles. The van der Waals surface area contributed by atoms with Crippen molar-refractivity contribution in [3.8, 4) is 0 Å². The summed E-state index contributed by atoms with van der Waals surface area (Å²) in [4.78, 5) is 31.9. The number of anilines is 3. The van der Waals surface area contributed by atoms with Gasteiger partial charge in [0.05, 0.1) is 21.2 Å². The molecule has 34 heavy (non-hydrogen) atoms. The van der Waals surface area contributed by atoms with Crippen molar-refractivity contribution in [2.75, 3.05) is 28.2 Å². The number of benzene rings is 2. The van der Waals surface area contributed by atoms with Crippen LogP contribution in [0.5, 0.6) is 0 Å². The molecule has 3 N–H and O–H groups in total. The van der Waals surface area contributed by atoms with Crippen molar-refractivity contribution in [1.29, 1.82) is 0 Å². The molecule has 2 amide bonds. The molecule has 0 saturated heterocycles. The van der Waals surface area contributed by atoms with Crippen molar-refractivity contribution in [2.45, 2.75) is 27.3 Å². The van der Waals surface area contributed by atoms with E-state index in [2.05, 4.69) is 26.6 Å². The molecule has 0 aliphatic carbocycles. The fourth-order valence-electron chi connectivity index (χ4n) is 3.56. The third kappa shape index (κ3) is 5.04. The lowest BCUT2D eigenvalue weighted by Crippen LogP contribution is -2.30. The molecule has 174 valence electrons. The predicted molar refractivity (Wildman–Crippen MR) is 141 cm³/mol. The van der Waals surface area contributed by atoms with Gasteiger partial charge in [-0.25, -0.2) is 4.98 Å². The van der Waals surface area contributed by atoms with E-state index in [0.29, 0.717) is 20.9 Å². The van der Waals surface area contributed by atoms with Crippen LogP contribution in [0.1, 0.15) is 12.5 Å². The van der Waals surface area contributed by atoms with Gasteiger partial charge in [-0.3, -0.25) is 9.59 Å². The summed E-state index contributed by atoms with van der Waals surface area (Å²) in [5.74, 6) is 0.294. The Morgan fingerprint density at radius 1 is 1.18 bits per heavy atom. The minimum Gasteiger partial charge on any atom is -0.374 e. The Morgan fingerprint density at radius 3 is 2.85 bits per heavy atom. The predicted octanol–water partition coefficient (Wildman–Crippen LogP) is 4.53. The molecule has 1 unspecified atom stereocenters. The molecule has 4 aromatic rings. The fourth-order valence-corrected chi connectivity index (χ4v) is 7.32. The number of para-hydroxylation sites is 1. The van der Waals surface area contributed by atoms with Gasteiger partial charge in [0.15, 0.2) is 8.68 Å². The van der Waals surface area contributed by atoms with Crippen LogP contribution in [-0.4, -0.2) is 44.5 Å². The van der Waals surface area contributed by atoms with Gasteiger partial charge in [0, 0.05) is 17.9 Å². The van der Waals surface area contributed by atoms with E-state index in [0.717, 1.165) is 33.2 Å². The average molecular weight is 529 g/mol. The Morgan fingerprint density at radius 2 is 2.03 bits per heavy atom. The first kappa shape index (κ1) is 23.1. The lowest BCUT2D eigenvalue weighted by molar-refractivity contribution is -0.116. The minimum atomic E-state index is -0.350. The molecular formula is C22H20N6O2S4. The summed E-state index contributed by atoms with van der Waals surface area (Å²) in [5.41, 5.74) is 9.38. The Labute approximate surface area is 212 Å². The van der Waals surface area contributed by atoms with Crippen LogP contribution in [0.3, 0.4) is 0 Å². The lowest BCUT2D eigenvalue weighted by atomic mass is 10.2. The monoisotopic (exact) mass is 528 g/mol. The number of thiazole rings is 1. The molecule has 5 rings (SSSR count). The smallest absolute Gasteiger partial charge is 0.237 e. The molecule has 2 aromatic heterocycles. The average Bonchev–Trinajstić information content (AvgIpc) is 3.55. The maximum atomic E-state index is 12.8. The number of aromatic nitrogens is 3. The number of amides is 2. The van der Waals surface area contributed by atoms with Gasteiger partial charge in [0.2, 0.25) is 16.9 Å². The van der Waals surface area contributed by atoms with E-state index in [9.17, 15) is 9.59 Å². The second kappa shape index (κ2) is 9.90. The summed E-state index contributed by atoms with van der Waals surface area (Å²) in [6, 6.07) is 13.7. The number of carbonyl (C=O) groups excluding carboxylic acids is 2. The Hall–Kier alpha value is -2.67. The molecule has 2 aromatic carbocycles. The van der Waals surface area contributed by atoms with Crippen LogP contribution in [0.2, 0.25) is 0 Å². The first-order chi connectivity index (χ1) is 16.5. The van der Waals surface area contributed by atoms with Crippen LogP contribution < -0.4 is 16.0 Å². The number of fused-ring (bicyclic) bond motifs is 2. The topological polar surface area (TPSA) is 114 Å². The zero-order valence-electron chi connectivity index (χ0n) is 18.1. The number of hydrogen-bond acceptors (Lipinski definition) is 10. The molecule has 12 heteroatoms. The van der Waals surface area contributed by atoms with Gasteiger partial charge in [0.1, 0.15) is 0 Å². The molecule has 0 spiro atoms. The second-order valence-corrected chi connectivity index (χ2v) is 12.4. The van der Waals surface area contributed by atoms with Gasteiger partial charge in [-0.15, -0.1) is 21.5 Å². The number of nitrogens with one attached hydrogen (secondary N) is 1. The van der Waals surface area contributed by atoms with Crippen molar-refractivity contribution in [3.05, 3.63) is 48.0 Å². The van der Waals surface area contributed by atoms with E-state index in [1.807, 2.05) is 48.2 Å². The van der Waals surface area contributed by atoms with Gasteiger partial charge in [-0.2, -0.15) is 0 Å². The van der Waals surface area contributed by atoms with Crippen molar-refractivity contribution in [2.24, 2.45) is 0 Å². The highest BCUT2D eigenvalue weighted by molar-refractivity contribution is 8.02. The van der Waals surface area contributed by atoms with E-state index in [-0.39, 0.29) is 17.1 Å². The van der Waals surface area contributed by atoms with Crippen LogP contribution in [0, 0.1) is 0 Å².